The van der Waals surface area contributed by atoms with Crippen LogP contribution in [0.15, 0.2) is 42.6 Å². The van der Waals surface area contributed by atoms with Gasteiger partial charge in [0.15, 0.2) is 11.5 Å². The van der Waals surface area contributed by atoms with E-state index in [9.17, 15) is 5.11 Å². The molecular weight excluding hydrogens is 390 g/mol. The zero-order chi connectivity index (χ0) is 22.1. The van der Waals surface area contributed by atoms with Crippen molar-refractivity contribution >= 4 is 0 Å². The zero-order valence-electron chi connectivity index (χ0n) is 19.2. The maximum atomic E-state index is 10.5. The van der Waals surface area contributed by atoms with Crippen LogP contribution in [-0.2, 0) is 13.1 Å². The molecule has 1 saturated carbocycles. The number of hydrogen-bond acceptors (Lipinski definition) is 6. The van der Waals surface area contributed by atoms with Crippen LogP contribution in [-0.4, -0.2) is 66.4 Å². The zero-order valence-corrected chi connectivity index (χ0v) is 19.2. The summed E-state index contributed by atoms with van der Waals surface area (Å²) in [6, 6.07) is 12.5. The highest BCUT2D eigenvalue weighted by Crippen LogP contribution is 2.29. The third-order valence-electron chi connectivity index (χ3n) is 5.97. The van der Waals surface area contributed by atoms with Gasteiger partial charge in [-0.15, -0.1) is 0 Å². The molecule has 6 heteroatoms. The number of nitrogens with zero attached hydrogens (tertiary/aromatic N) is 3. The molecule has 31 heavy (non-hydrogen) atoms. The molecule has 1 aliphatic carbocycles. The van der Waals surface area contributed by atoms with Crippen LogP contribution < -0.4 is 9.47 Å². The van der Waals surface area contributed by atoms with Crippen molar-refractivity contribution in [3.63, 3.8) is 0 Å². The lowest BCUT2D eigenvalue weighted by molar-refractivity contribution is 0.0553. The molecule has 0 bridgehead atoms. The monoisotopic (exact) mass is 427 g/mol. The van der Waals surface area contributed by atoms with Gasteiger partial charge in [0.05, 0.1) is 12.8 Å². The van der Waals surface area contributed by atoms with Gasteiger partial charge in [-0.2, -0.15) is 0 Å². The lowest BCUT2D eigenvalue weighted by Crippen LogP contribution is -2.40. The van der Waals surface area contributed by atoms with E-state index in [4.69, 9.17) is 9.47 Å². The Hall–Kier alpha value is -2.15. The van der Waals surface area contributed by atoms with E-state index in [1.54, 1.807) is 7.11 Å². The summed E-state index contributed by atoms with van der Waals surface area (Å²) in [5.41, 5.74) is 2.18. The molecule has 3 rings (SSSR count). The van der Waals surface area contributed by atoms with Crippen molar-refractivity contribution in [3.8, 4) is 11.5 Å². The minimum Gasteiger partial charge on any atom is -0.493 e. The first kappa shape index (κ1) is 23.5. The van der Waals surface area contributed by atoms with E-state index in [1.165, 1.54) is 32.1 Å². The van der Waals surface area contributed by atoms with Crippen molar-refractivity contribution in [2.24, 2.45) is 0 Å². The summed E-state index contributed by atoms with van der Waals surface area (Å²) in [7, 11) is 5.83. The summed E-state index contributed by atoms with van der Waals surface area (Å²) in [6.07, 6.45) is 7.68. The highest BCUT2D eigenvalue weighted by Gasteiger charge is 2.20. The molecule has 1 fully saturated rings. The average Bonchev–Trinajstić information content (AvgIpc) is 2.79. The molecule has 0 saturated heterocycles. The number of rotatable bonds is 11. The van der Waals surface area contributed by atoms with Crippen molar-refractivity contribution in [3.05, 3.63) is 53.9 Å². The molecule has 0 aliphatic heterocycles. The normalized spacial score (nSPS) is 15.9. The van der Waals surface area contributed by atoms with Gasteiger partial charge in [0.25, 0.3) is 0 Å². The molecule has 2 aromatic rings. The number of pyridine rings is 1. The molecule has 1 aromatic carbocycles. The minimum absolute atomic E-state index is 0.256. The third kappa shape index (κ3) is 7.49. The van der Waals surface area contributed by atoms with Gasteiger partial charge in [-0.25, -0.2) is 0 Å². The van der Waals surface area contributed by atoms with Gasteiger partial charge < -0.3 is 19.5 Å². The fourth-order valence-electron chi connectivity index (χ4n) is 4.31. The molecule has 0 radical (unpaired) electrons. The standard InChI is InChI=1S/C25H37N3O3/c1-27(17-21-9-7-8-14-26-21)16-20-12-13-24(25(15-20)30-3)31-19-23(29)18-28(2)22-10-5-4-6-11-22/h7-9,12-15,22-23,29H,4-6,10-11,16-19H2,1-3H3/t23-/m0/s1. The second kappa shape index (κ2) is 12.0. The van der Waals surface area contributed by atoms with E-state index in [1.807, 2.05) is 42.6 Å². The van der Waals surface area contributed by atoms with E-state index in [0.29, 0.717) is 24.1 Å². The maximum absolute atomic E-state index is 10.5. The van der Waals surface area contributed by atoms with Gasteiger partial charge in [0.2, 0.25) is 0 Å². The average molecular weight is 428 g/mol. The Balaban J connectivity index is 1.49. The molecule has 6 nitrogen and oxygen atoms in total. The van der Waals surface area contributed by atoms with E-state index < -0.39 is 6.10 Å². The fourth-order valence-corrected chi connectivity index (χ4v) is 4.31. The van der Waals surface area contributed by atoms with Crippen molar-refractivity contribution in [1.82, 2.24) is 14.8 Å². The second-order valence-corrected chi connectivity index (χ2v) is 8.67. The van der Waals surface area contributed by atoms with Crippen LogP contribution in [0.5, 0.6) is 11.5 Å². The van der Waals surface area contributed by atoms with Crippen LogP contribution >= 0.6 is 0 Å². The van der Waals surface area contributed by atoms with E-state index >= 15 is 0 Å². The minimum atomic E-state index is -0.527. The van der Waals surface area contributed by atoms with Gasteiger partial charge >= 0.3 is 0 Å². The summed E-state index contributed by atoms with van der Waals surface area (Å²) in [4.78, 5) is 8.88. The molecule has 1 aromatic heterocycles. The number of aliphatic hydroxyl groups excluding tert-OH is 1. The quantitative estimate of drug-likeness (QED) is 0.590. The molecule has 1 atom stereocenters. The van der Waals surface area contributed by atoms with Crippen molar-refractivity contribution < 1.29 is 14.6 Å². The molecule has 1 N–H and O–H groups in total. The summed E-state index contributed by atoms with van der Waals surface area (Å²) < 4.78 is 11.5. The van der Waals surface area contributed by atoms with Gasteiger partial charge in [-0.05, 0) is 56.8 Å². The summed E-state index contributed by atoms with van der Waals surface area (Å²) >= 11 is 0. The van der Waals surface area contributed by atoms with E-state index in [-0.39, 0.29) is 6.61 Å². The van der Waals surface area contributed by atoms with Crippen LogP contribution in [0.2, 0.25) is 0 Å². The Kier molecular flexibility index (Phi) is 9.13. The number of ether oxygens (including phenoxy) is 2. The second-order valence-electron chi connectivity index (χ2n) is 8.67. The Morgan fingerprint density at radius 3 is 2.58 bits per heavy atom. The van der Waals surface area contributed by atoms with Crippen LogP contribution in [0, 0.1) is 0 Å². The van der Waals surface area contributed by atoms with E-state index in [0.717, 1.165) is 24.3 Å². The van der Waals surface area contributed by atoms with Crippen molar-refractivity contribution in [2.45, 2.75) is 57.3 Å². The van der Waals surface area contributed by atoms with Crippen LogP contribution in [0.3, 0.4) is 0 Å². The molecule has 0 unspecified atom stereocenters. The highest BCUT2D eigenvalue weighted by atomic mass is 16.5. The Bertz CT molecular complexity index is 781. The van der Waals surface area contributed by atoms with Crippen molar-refractivity contribution in [2.75, 3.05) is 34.4 Å². The molecule has 0 amide bonds. The fraction of sp³-hybridized carbons (Fsp3) is 0.560. The first-order valence-corrected chi connectivity index (χ1v) is 11.3. The number of aliphatic hydroxyl groups is 1. The predicted molar refractivity (Wildman–Crippen MR) is 123 cm³/mol. The molecule has 170 valence electrons. The number of aromatic nitrogens is 1. The van der Waals surface area contributed by atoms with Crippen LogP contribution in [0.1, 0.15) is 43.4 Å². The Labute approximate surface area is 186 Å². The molecule has 1 heterocycles. The topological polar surface area (TPSA) is 58.1 Å². The largest absolute Gasteiger partial charge is 0.493 e. The van der Waals surface area contributed by atoms with Gasteiger partial charge in [0, 0.05) is 31.9 Å². The summed E-state index contributed by atoms with van der Waals surface area (Å²) in [6.45, 7) is 2.44. The van der Waals surface area contributed by atoms with Crippen molar-refractivity contribution in [1.29, 1.82) is 0 Å². The lowest BCUT2D eigenvalue weighted by atomic mass is 9.94. The third-order valence-corrected chi connectivity index (χ3v) is 5.97. The summed E-state index contributed by atoms with van der Waals surface area (Å²) in [5.74, 6) is 1.36. The van der Waals surface area contributed by atoms with Gasteiger partial charge in [-0.3, -0.25) is 9.88 Å². The van der Waals surface area contributed by atoms with E-state index in [2.05, 4.69) is 28.9 Å². The van der Waals surface area contributed by atoms with Gasteiger partial charge in [0.1, 0.15) is 12.7 Å². The molecule has 1 aliphatic rings. The number of likely N-dealkylation sites (N-methyl/N-ethyl adjacent to an activating group) is 1. The number of methoxy groups -OCH3 is 1. The first-order valence-electron chi connectivity index (χ1n) is 11.3. The first-order chi connectivity index (χ1) is 15.0. The lowest BCUT2D eigenvalue weighted by Gasteiger charge is -2.32. The predicted octanol–water partition coefficient (Wildman–Crippen LogP) is 3.73. The summed E-state index contributed by atoms with van der Waals surface area (Å²) in [5, 5.41) is 10.5. The molecular formula is C25H37N3O3. The SMILES string of the molecule is COc1cc(CN(C)Cc2ccccn2)ccc1OC[C@@H](O)CN(C)C1CCCCC1. The Morgan fingerprint density at radius 2 is 1.87 bits per heavy atom. The smallest absolute Gasteiger partial charge is 0.161 e. The van der Waals surface area contributed by atoms with Crippen LogP contribution in [0.25, 0.3) is 0 Å². The molecule has 0 spiro atoms. The highest BCUT2D eigenvalue weighted by molar-refractivity contribution is 5.43. The van der Waals surface area contributed by atoms with Gasteiger partial charge in [-0.1, -0.05) is 31.4 Å². The maximum Gasteiger partial charge on any atom is 0.161 e. The number of hydrogen-bond donors (Lipinski definition) is 1. The Morgan fingerprint density at radius 1 is 1.06 bits per heavy atom. The number of benzene rings is 1. The van der Waals surface area contributed by atoms with Crippen LogP contribution in [0.4, 0.5) is 0 Å².